The summed E-state index contributed by atoms with van der Waals surface area (Å²) in [6.07, 6.45) is 0.245. The number of halogens is 1. The van der Waals surface area contributed by atoms with Crippen LogP contribution in [0.2, 0.25) is 5.02 Å². The SMILES string of the molecule is Cc1cccc(-c2n[nH]c(=S)n2CCC(=O)Nc2ccc(NC(C)c3ccccc3)c(Cl)c2)c1. The molecule has 34 heavy (non-hydrogen) atoms. The first-order valence-corrected chi connectivity index (χ1v) is 11.8. The van der Waals surface area contributed by atoms with Gasteiger partial charge in [0.1, 0.15) is 0 Å². The van der Waals surface area contributed by atoms with Gasteiger partial charge >= 0.3 is 0 Å². The third kappa shape index (κ3) is 5.73. The van der Waals surface area contributed by atoms with E-state index in [0.717, 1.165) is 16.8 Å². The molecule has 1 unspecified atom stereocenters. The van der Waals surface area contributed by atoms with Crippen molar-refractivity contribution in [3.63, 3.8) is 0 Å². The molecule has 1 atom stereocenters. The number of rotatable bonds is 8. The average molecular weight is 492 g/mol. The second kappa shape index (κ2) is 10.7. The van der Waals surface area contributed by atoms with E-state index in [-0.39, 0.29) is 18.4 Å². The van der Waals surface area contributed by atoms with E-state index in [1.165, 1.54) is 5.56 Å². The minimum absolute atomic E-state index is 0.0984. The summed E-state index contributed by atoms with van der Waals surface area (Å²) in [4.78, 5) is 12.6. The van der Waals surface area contributed by atoms with Crippen molar-refractivity contribution in [2.45, 2.75) is 32.9 Å². The molecule has 0 aliphatic rings. The van der Waals surface area contributed by atoms with Gasteiger partial charge in [0.25, 0.3) is 0 Å². The minimum atomic E-state index is -0.132. The predicted molar refractivity (Wildman–Crippen MR) is 141 cm³/mol. The maximum absolute atomic E-state index is 12.6. The van der Waals surface area contributed by atoms with Crippen LogP contribution in [0.25, 0.3) is 11.4 Å². The van der Waals surface area contributed by atoms with Crippen molar-refractivity contribution in [1.29, 1.82) is 0 Å². The lowest BCUT2D eigenvalue weighted by Gasteiger charge is -2.17. The highest BCUT2D eigenvalue weighted by molar-refractivity contribution is 7.71. The summed E-state index contributed by atoms with van der Waals surface area (Å²) < 4.78 is 2.32. The van der Waals surface area contributed by atoms with Gasteiger partial charge in [-0.05, 0) is 55.9 Å². The van der Waals surface area contributed by atoms with Gasteiger partial charge in [-0.1, -0.05) is 65.7 Å². The van der Waals surface area contributed by atoms with Gasteiger partial charge in [-0.2, -0.15) is 5.10 Å². The van der Waals surface area contributed by atoms with E-state index in [1.807, 2.05) is 66.1 Å². The Kier molecular flexibility index (Phi) is 7.45. The van der Waals surface area contributed by atoms with Crippen molar-refractivity contribution in [1.82, 2.24) is 14.8 Å². The summed E-state index contributed by atoms with van der Waals surface area (Å²) in [5.41, 5.74) is 4.70. The van der Waals surface area contributed by atoms with Crippen LogP contribution in [0.4, 0.5) is 11.4 Å². The second-order valence-corrected chi connectivity index (χ2v) is 8.94. The Balaban J connectivity index is 1.38. The van der Waals surface area contributed by atoms with Crippen LogP contribution < -0.4 is 10.6 Å². The van der Waals surface area contributed by atoms with E-state index < -0.39 is 0 Å². The van der Waals surface area contributed by atoms with Crippen LogP contribution in [0.15, 0.2) is 72.8 Å². The predicted octanol–water partition coefficient (Wildman–Crippen LogP) is 6.77. The summed E-state index contributed by atoms with van der Waals surface area (Å²) >= 11 is 11.9. The van der Waals surface area contributed by atoms with Crippen molar-refractivity contribution in [3.05, 3.63) is 93.7 Å². The molecule has 1 amide bonds. The number of nitrogens with one attached hydrogen (secondary N) is 3. The molecular formula is C26H26ClN5OS. The molecular weight excluding hydrogens is 466 g/mol. The van der Waals surface area contributed by atoms with Gasteiger partial charge in [0.15, 0.2) is 10.6 Å². The van der Waals surface area contributed by atoms with Gasteiger partial charge in [-0.15, -0.1) is 0 Å². The van der Waals surface area contributed by atoms with Crippen LogP contribution in [0.3, 0.4) is 0 Å². The Morgan fingerprint density at radius 1 is 1.12 bits per heavy atom. The molecule has 0 saturated carbocycles. The number of hydrogen-bond acceptors (Lipinski definition) is 4. The van der Waals surface area contributed by atoms with Crippen molar-refractivity contribution in [2.24, 2.45) is 0 Å². The zero-order valence-electron chi connectivity index (χ0n) is 19.0. The van der Waals surface area contributed by atoms with Gasteiger partial charge in [0.05, 0.1) is 10.7 Å². The monoisotopic (exact) mass is 491 g/mol. The maximum Gasteiger partial charge on any atom is 0.226 e. The van der Waals surface area contributed by atoms with Gasteiger partial charge in [0.2, 0.25) is 5.91 Å². The number of carbonyl (C=O) groups excluding carboxylic acids is 1. The van der Waals surface area contributed by atoms with E-state index in [2.05, 4.69) is 39.9 Å². The van der Waals surface area contributed by atoms with E-state index in [1.54, 1.807) is 6.07 Å². The Bertz CT molecular complexity index is 1350. The van der Waals surface area contributed by atoms with Crippen LogP contribution in [0.5, 0.6) is 0 Å². The highest BCUT2D eigenvalue weighted by atomic mass is 35.5. The topological polar surface area (TPSA) is 74.7 Å². The van der Waals surface area contributed by atoms with Crippen LogP contribution in [-0.2, 0) is 11.3 Å². The number of H-pyrrole nitrogens is 1. The molecule has 4 aromatic rings. The molecule has 3 aromatic carbocycles. The molecule has 6 nitrogen and oxygen atoms in total. The lowest BCUT2D eigenvalue weighted by molar-refractivity contribution is -0.116. The number of benzene rings is 3. The zero-order chi connectivity index (χ0) is 24.1. The third-order valence-corrected chi connectivity index (χ3v) is 6.15. The van der Waals surface area contributed by atoms with Crippen molar-refractivity contribution >= 4 is 41.1 Å². The number of anilines is 2. The minimum Gasteiger partial charge on any atom is -0.377 e. The van der Waals surface area contributed by atoms with Crippen molar-refractivity contribution in [2.75, 3.05) is 10.6 Å². The van der Waals surface area contributed by atoms with Gasteiger partial charge < -0.3 is 10.6 Å². The Morgan fingerprint density at radius 2 is 1.91 bits per heavy atom. The summed E-state index contributed by atoms with van der Waals surface area (Å²) in [5.74, 6) is 0.584. The first-order chi connectivity index (χ1) is 16.4. The number of hydrogen-bond donors (Lipinski definition) is 3. The number of aromatic amines is 1. The Morgan fingerprint density at radius 3 is 2.65 bits per heavy atom. The summed E-state index contributed by atoms with van der Waals surface area (Å²) in [6, 6.07) is 23.7. The molecule has 8 heteroatoms. The number of nitrogens with zero attached hydrogens (tertiary/aromatic N) is 2. The van der Waals surface area contributed by atoms with E-state index >= 15 is 0 Å². The smallest absolute Gasteiger partial charge is 0.226 e. The standard InChI is InChI=1S/C26H26ClN5OS/c1-17-7-6-10-20(15-17)25-30-31-26(34)32(25)14-13-24(33)29-21-11-12-23(22(27)16-21)28-18(2)19-8-4-3-5-9-19/h3-12,15-16,18,28H,13-14H2,1-2H3,(H,29,33)(H,31,34). The molecule has 1 aromatic heterocycles. The summed E-state index contributed by atoms with van der Waals surface area (Å²) in [7, 11) is 0. The first-order valence-electron chi connectivity index (χ1n) is 11.0. The lowest BCUT2D eigenvalue weighted by atomic mass is 10.1. The van der Waals surface area contributed by atoms with Gasteiger partial charge in [-0.25, -0.2) is 0 Å². The number of aryl methyl sites for hydroxylation is 1. The van der Waals surface area contributed by atoms with Gasteiger partial charge in [0, 0.05) is 30.3 Å². The highest BCUT2D eigenvalue weighted by Gasteiger charge is 2.12. The number of aromatic nitrogens is 3. The third-order valence-electron chi connectivity index (χ3n) is 5.52. The Hall–Kier alpha value is -3.42. The fourth-order valence-corrected chi connectivity index (χ4v) is 4.19. The molecule has 0 spiro atoms. The number of carbonyl (C=O) groups is 1. The maximum atomic E-state index is 12.6. The van der Waals surface area contributed by atoms with E-state index in [9.17, 15) is 4.79 Å². The molecule has 174 valence electrons. The molecule has 3 N–H and O–H groups in total. The zero-order valence-corrected chi connectivity index (χ0v) is 20.6. The van der Waals surface area contributed by atoms with Crippen molar-refractivity contribution in [3.8, 4) is 11.4 Å². The van der Waals surface area contributed by atoms with E-state index in [0.29, 0.717) is 27.9 Å². The fourth-order valence-electron chi connectivity index (χ4n) is 3.73. The summed E-state index contributed by atoms with van der Waals surface area (Å²) in [5, 5.41) is 14.0. The van der Waals surface area contributed by atoms with Crippen LogP contribution >= 0.6 is 23.8 Å². The highest BCUT2D eigenvalue weighted by Crippen LogP contribution is 2.29. The fraction of sp³-hybridized carbons (Fsp3) is 0.192. The number of amides is 1. The molecule has 4 rings (SSSR count). The molecule has 0 saturated heterocycles. The molecule has 0 aliphatic carbocycles. The van der Waals surface area contributed by atoms with Crippen LogP contribution in [0, 0.1) is 11.7 Å². The molecule has 0 aliphatic heterocycles. The molecule has 0 bridgehead atoms. The summed E-state index contributed by atoms with van der Waals surface area (Å²) in [6.45, 7) is 4.51. The van der Waals surface area contributed by atoms with Crippen LogP contribution in [-0.4, -0.2) is 20.7 Å². The first kappa shape index (κ1) is 23.7. The molecule has 0 fully saturated rings. The second-order valence-electron chi connectivity index (χ2n) is 8.14. The van der Waals surface area contributed by atoms with E-state index in [4.69, 9.17) is 23.8 Å². The Labute approximate surface area is 209 Å². The van der Waals surface area contributed by atoms with Crippen molar-refractivity contribution < 1.29 is 4.79 Å². The lowest BCUT2D eigenvalue weighted by Crippen LogP contribution is -2.15. The normalized spacial score (nSPS) is 11.7. The molecule has 1 heterocycles. The quantitative estimate of drug-likeness (QED) is 0.238. The average Bonchev–Trinajstić information content (AvgIpc) is 3.20. The largest absolute Gasteiger partial charge is 0.377 e. The molecule has 0 radical (unpaired) electrons. The van der Waals surface area contributed by atoms with Crippen LogP contribution in [0.1, 0.15) is 30.5 Å². The van der Waals surface area contributed by atoms with Gasteiger partial charge in [-0.3, -0.25) is 14.5 Å².